The van der Waals surface area contributed by atoms with E-state index in [1.54, 1.807) is 18.5 Å². The van der Waals surface area contributed by atoms with Crippen LogP contribution in [0.15, 0.2) is 59.9 Å². The maximum absolute atomic E-state index is 13.9. The summed E-state index contributed by atoms with van der Waals surface area (Å²) in [5.41, 5.74) is 2.94. The van der Waals surface area contributed by atoms with Crippen LogP contribution in [0.1, 0.15) is 18.1 Å². The number of hydrogen-bond donors (Lipinski definition) is 1. The van der Waals surface area contributed by atoms with E-state index in [0.29, 0.717) is 5.69 Å². The topological polar surface area (TPSA) is 68.5 Å². The Labute approximate surface area is 159 Å². The van der Waals surface area contributed by atoms with Crippen LogP contribution in [-0.4, -0.2) is 24.5 Å². The molecule has 142 valence electrons. The summed E-state index contributed by atoms with van der Waals surface area (Å²) in [6.07, 6.45) is 5.57. The third kappa shape index (κ3) is 3.13. The lowest BCUT2D eigenvalue weighted by molar-refractivity contribution is 0.541. The molecule has 28 heavy (non-hydrogen) atoms. The Hall–Kier alpha value is -3.55. The van der Waals surface area contributed by atoms with Gasteiger partial charge < -0.3 is 0 Å². The van der Waals surface area contributed by atoms with Crippen LogP contribution >= 0.6 is 0 Å². The first-order valence-corrected chi connectivity index (χ1v) is 8.78. The van der Waals surface area contributed by atoms with Gasteiger partial charge in [-0.25, -0.2) is 13.6 Å². The highest BCUT2D eigenvalue weighted by Crippen LogP contribution is 2.25. The number of halogens is 2. The zero-order chi connectivity index (χ0) is 19.7. The monoisotopic (exact) mass is 381 g/mol. The van der Waals surface area contributed by atoms with Gasteiger partial charge in [-0.3, -0.25) is 9.67 Å². The van der Waals surface area contributed by atoms with Gasteiger partial charge in [-0.15, -0.1) is 0 Å². The van der Waals surface area contributed by atoms with Crippen LogP contribution in [-0.2, 0) is 13.0 Å². The van der Waals surface area contributed by atoms with E-state index in [-0.39, 0.29) is 12.1 Å². The summed E-state index contributed by atoms with van der Waals surface area (Å²) in [6, 6.07) is 9.18. The Morgan fingerprint density at radius 2 is 1.93 bits per heavy atom. The fourth-order valence-corrected chi connectivity index (χ4v) is 3.16. The van der Waals surface area contributed by atoms with Gasteiger partial charge in [0.15, 0.2) is 0 Å². The molecule has 0 saturated heterocycles. The molecule has 0 aliphatic rings. The van der Waals surface area contributed by atoms with Gasteiger partial charge in [0.1, 0.15) is 18.0 Å². The number of hydrogen-bond acceptors (Lipinski definition) is 3. The minimum absolute atomic E-state index is 0.172. The van der Waals surface area contributed by atoms with Crippen molar-refractivity contribution in [2.24, 2.45) is 0 Å². The van der Waals surface area contributed by atoms with E-state index in [1.807, 2.05) is 19.1 Å². The van der Waals surface area contributed by atoms with Crippen molar-refractivity contribution in [2.75, 3.05) is 0 Å². The molecule has 0 fully saturated rings. The van der Waals surface area contributed by atoms with Crippen LogP contribution in [0.3, 0.4) is 0 Å². The molecule has 0 aliphatic carbocycles. The molecule has 6 nitrogen and oxygen atoms in total. The lowest BCUT2D eigenvalue weighted by atomic mass is 10.00. The SMILES string of the molecule is CCc1cc(-n2ncn(Cc3c(F)cccc3F)c2=O)ccc1-c1cn[nH]c1. The number of benzene rings is 2. The van der Waals surface area contributed by atoms with E-state index >= 15 is 0 Å². The standard InChI is InChI=1S/C20H17F2N5O/c1-2-13-8-15(6-7-16(13)14-9-23-24-10-14)27-20(28)26(12-25-27)11-17-18(21)4-3-5-19(17)22/h3-10,12H,2,11H2,1H3,(H,23,24). The highest BCUT2D eigenvalue weighted by atomic mass is 19.1. The van der Waals surface area contributed by atoms with Crippen LogP contribution < -0.4 is 5.69 Å². The van der Waals surface area contributed by atoms with Crippen molar-refractivity contribution in [2.45, 2.75) is 19.9 Å². The van der Waals surface area contributed by atoms with Gasteiger partial charge in [0.05, 0.1) is 18.4 Å². The normalized spacial score (nSPS) is 11.1. The van der Waals surface area contributed by atoms with Crippen molar-refractivity contribution >= 4 is 0 Å². The number of aromatic nitrogens is 5. The predicted molar refractivity (Wildman–Crippen MR) is 100 cm³/mol. The number of H-pyrrole nitrogens is 1. The summed E-state index contributed by atoms with van der Waals surface area (Å²) in [4.78, 5) is 12.7. The minimum Gasteiger partial charge on any atom is -0.285 e. The maximum Gasteiger partial charge on any atom is 0.350 e. The molecule has 0 radical (unpaired) electrons. The molecule has 4 aromatic rings. The molecule has 2 heterocycles. The number of rotatable bonds is 5. The Kier molecular flexibility index (Phi) is 4.60. The highest BCUT2D eigenvalue weighted by Gasteiger charge is 2.14. The third-order valence-corrected chi connectivity index (χ3v) is 4.65. The first kappa shape index (κ1) is 17.8. The van der Waals surface area contributed by atoms with Crippen molar-refractivity contribution in [3.8, 4) is 16.8 Å². The minimum atomic E-state index is -0.697. The van der Waals surface area contributed by atoms with Gasteiger partial charge in [-0.1, -0.05) is 19.1 Å². The Balaban J connectivity index is 1.71. The van der Waals surface area contributed by atoms with Crippen molar-refractivity contribution in [1.82, 2.24) is 24.5 Å². The summed E-state index contributed by atoms with van der Waals surface area (Å²) >= 11 is 0. The molecule has 0 atom stereocenters. The summed E-state index contributed by atoms with van der Waals surface area (Å²) in [6.45, 7) is 1.79. The summed E-state index contributed by atoms with van der Waals surface area (Å²) in [7, 11) is 0. The third-order valence-electron chi connectivity index (χ3n) is 4.65. The Morgan fingerprint density at radius 1 is 1.14 bits per heavy atom. The predicted octanol–water partition coefficient (Wildman–Crippen LogP) is 3.31. The highest BCUT2D eigenvalue weighted by molar-refractivity contribution is 5.67. The smallest absolute Gasteiger partial charge is 0.285 e. The molecular weight excluding hydrogens is 364 g/mol. The first-order valence-electron chi connectivity index (χ1n) is 8.78. The first-order chi connectivity index (χ1) is 13.6. The fraction of sp³-hybridized carbons (Fsp3) is 0.150. The molecule has 0 spiro atoms. The van der Waals surface area contributed by atoms with E-state index in [4.69, 9.17) is 0 Å². The van der Waals surface area contributed by atoms with Crippen LogP contribution in [0.2, 0.25) is 0 Å². The second-order valence-electron chi connectivity index (χ2n) is 6.34. The molecular formula is C20H17F2N5O. The van der Waals surface area contributed by atoms with E-state index in [1.165, 1.54) is 21.6 Å². The molecule has 0 amide bonds. The quantitative estimate of drug-likeness (QED) is 0.577. The van der Waals surface area contributed by atoms with Crippen molar-refractivity contribution < 1.29 is 8.78 Å². The maximum atomic E-state index is 13.9. The molecule has 0 bridgehead atoms. The number of nitrogens with one attached hydrogen (secondary N) is 1. The van der Waals surface area contributed by atoms with Crippen molar-refractivity contribution in [3.63, 3.8) is 0 Å². The van der Waals surface area contributed by atoms with Gasteiger partial charge in [-0.2, -0.15) is 14.9 Å². The summed E-state index contributed by atoms with van der Waals surface area (Å²) < 4.78 is 30.2. The number of nitrogens with zero attached hydrogens (tertiary/aromatic N) is 4. The van der Waals surface area contributed by atoms with Crippen LogP contribution in [0.5, 0.6) is 0 Å². The van der Waals surface area contributed by atoms with E-state index in [9.17, 15) is 13.6 Å². The van der Waals surface area contributed by atoms with E-state index < -0.39 is 17.3 Å². The Morgan fingerprint density at radius 3 is 2.61 bits per heavy atom. The molecule has 0 unspecified atom stereocenters. The second-order valence-corrected chi connectivity index (χ2v) is 6.34. The average molecular weight is 381 g/mol. The van der Waals surface area contributed by atoms with Crippen molar-refractivity contribution in [1.29, 1.82) is 0 Å². The van der Waals surface area contributed by atoms with Crippen LogP contribution in [0, 0.1) is 11.6 Å². The number of aromatic amines is 1. The van der Waals surface area contributed by atoms with Gasteiger partial charge in [0, 0.05) is 17.3 Å². The van der Waals surface area contributed by atoms with E-state index in [0.717, 1.165) is 35.2 Å². The van der Waals surface area contributed by atoms with Gasteiger partial charge in [0.2, 0.25) is 0 Å². The molecule has 4 rings (SSSR count). The van der Waals surface area contributed by atoms with Crippen LogP contribution in [0.4, 0.5) is 8.78 Å². The molecule has 2 aromatic carbocycles. The van der Waals surface area contributed by atoms with E-state index in [2.05, 4.69) is 15.3 Å². The lowest BCUT2D eigenvalue weighted by Gasteiger charge is -2.09. The zero-order valence-electron chi connectivity index (χ0n) is 15.1. The molecule has 8 heteroatoms. The molecule has 0 saturated carbocycles. The van der Waals surface area contributed by atoms with Crippen LogP contribution in [0.25, 0.3) is 16.8 Å². The lowest BCUT2D eigenvalue weighted by Crippen LogP contribution is -2.24. The summed E-state index contributed by atoms with van der Waals surface area (Å²) in [5.74, 6) is -1.39. The fourth-order valence-electron chi connectivity index (χ4n) is 3.16. The Bertz CT molecular complexity index is 1160. The molecule has 1 N–H and O–H groups in total. The van der Waals surface area contributed by atoms with Gasteiger partial charge in [-0.05, 0) is 41.8 Å². The molecule has 0 aliphatic heterocycles. The zero-order valence-corrected chi connectivity index (χ0v) is 15.1. The average Bonchev–Trinajstić information content (AvgIpc) is 3.35. The second kappa shape index (κ2) is 7.22. The van der Waals surface area contributed by atoms with Crippen molar-refractivity contribution in [3.05, 3.63) is 88.4 Å². The van der Waals surface area contributed by atoms with Gasteiger partial charge in [0.25, 0.3) is 0 Å². The largest absolute Gasteiger partial charge is 0.350 e. The van der Waals surface area contributed by atoms with Gasteiger partial charge >= 0.3 is 5.69 Å². The number of aryl methyl sites for hydroxylation is 1. The summed E-state index contributed by atoms with van der Waals surface area (Å²) in [5, 5.41) is 10.9. The molecule has 2 aromatic heterocycles.